The fourth-order valence-corrected chi connectivity index (χ4v) is 4.06. The van der Waals surface area contributed by atoms with E-state index in [0.29, 0.717) is 11.4 Å². The molecular formula is C16H12BrClOS. The number of aliphatic hydroxyl groups is 1. The Hall–Kier alpha value is -0.870. The number of aliphatic hydroxyl groups excluding tert-OH is 1. The van der Waals surface area contributed by atoms with E-state index in [9.17, 15) is 5.11 Å². The molecule has 2 aromatic carbocycles. The van der Waals surface area contributed by atoms with Crippen LogP contribution in [0.5, 0.6) is 0 Å². The van der Waals surface area contributed by atoms with Gasteiger partial charge in [0.25, 0.3) is 0 Å². The van der Waals surface area contributed by atoms with Gasteiger partial charge in [-0.3, -0.25) is 0 Å². The normalized spacial score (nSPS) is 12.8. The van der Waals surface area contributed by atoms with Crippen LogP contribution in [-0.4, -0.2) is 5.11 Å². The first kappa shape index (κ1) is 14.1. The van der Waals surface area contributed by atoms with Crippen molar-refractivity contribution in [1.82, 2.24) is 0 Å². The third kappa shape index (κ3) is 2.77. The van der Waals surface area contributed by atoms with Gasteiger partial charge in [-0.25, -0.2) is 0 Å². The van der Waals surface area contributed by atoms with Gasteiger partial charge in [-0.2, -0.15) is 0 Å². The molecule has 0 amide bonds. The lowest BCUT2D eigenvalue weighted by molar-refractivity contribution is 0.179. The molecular weight excluding hydrogens is 356 g/mol. The molecule has 0 saturated carbocycles. The van der Waals surface area contributed by atoms with E-state index in [0.717, 1.165) is 15.6 Å². The van der Waals surface area contributed by atoms with Crippen molar-refractivity contribution in [3.05, 3.63) is 68.5 Å². The summed E-state index contributed by atoms with van der Waals surface area (Å²) in [5.74, 6) is 0. The van der Waals surface area contributed by atoms with Crippen molar-refractivity contribution in [3.63, 3.8) is 0 Å². The highest BCUT2D eigenvalue weighted by Gasteiger charge is 2.14. The number of halogens is 2. The first-order valence-electron chi connectivity index (χ1n) is 6.23. The average molecular weight is 368 g/mol. The molecule has 0 aliphatic carbocycles. The summed E-state index contributed by atoms with van der Waals surface area (Å²) in [7, 11) is 0. The molecule has 0 fully saturated rings. The average Bonchev–Trinajstić information content (AvgIpc) is 2.82. The van der Waals surface area contributed by atoms with Crippen LogP contribution in [-0.2, 0) is 6.42 Å². The highest BCUT2D eigenvalue weighted by Crippen LogP contribution is 2.32. The molecule has 3 rings (SSSR count). The molecule has 0 aliphatic rings. The van der Waals surface area contributed by atoms with Gasteiger partial charge in [0.15, 0.2) is 0 Å². The van der Waals surface area contributed by atoms with E-state index in [1.165, 1.54) is 10.1 Å². The topological polar surface area (TPSA) is 20.2 Å². The Labute approximate surface area is 135 Å². The van der Waals surface area contributed by atoms with Gasteiger partial charge < -0.3 is 5.11 Å². The molecule has 1 atom stereocenters. The van der Waals surface area contributed by atoms with Crippen LogP contribution >= 0.6 is 38.9 Å². The Bertz CT molecular complexity index is 753. The van der Waals surface area contributed by atoms with Crippen molar-refractivity contribution in [1.29, 1.82) is 0 Å². The second kappa shape index (κ2) is 5.86. The van der Waals surface area contributed by atoms with Crippen LogP contribution in [0, 0.1) is 0 Å². The quantitative estimate of drug-likeness (QED) is 0.639. The number of fused-ring (bicyclic) bond motifs is 1. The summed E-state index contributed by atoms with van der Waals surface area (Å²) in [4.78, 5) is 0. The summed E-state index contributed by atoms with van der Waals surface area (Å²) in [6.07, 6.45) is -0.0145. The van der Waals surface area contributed by atoms with Crippen LogP contribution in [0.25, 0.3) is 10.1 Å². The summed E-state index contributed by atoms with van der Waals surface area (Å²) >= 11 is 11.3. The summed E-state index contributed by atoms with van der Waals surface area (Å²) < 4.78 is 2.16. The molecule has 1 heterocycles. The SMILES string of the molecule is OC(Cc1csc2ccccc12)c1ccc(Br)cc1Cl. The summed E-state index contributed by atoms with van der Waals surface area (Å²) in [6, 6.07) is 13.8. The molecule has 20 heavy (non-hydrogen) atoms. The zero-order valence-corrected chi connectivity index (χ0v) is 13.7. The maximum absolute atomic E-state index is 10.4. The van der Waals surface area contributed by atoms with Gasteiger partial charge in [0.2, 0.25) is 0 Å². The Morgan fingerprint density at radius 3 is 2.80 bits per heavy atom. The van der Waals surface area contributed by atoms with E-state index >= 15 is 0 Å². The van der Waals surface area contributed by atoms with Gasteiger partial charge in [0.05, 0.1) is 6.10 Å². The summed E-state index contributed by atoms with van der Waals surface area (Å²) in [5, 5.41) is 14.3. The minimum absolute atomic E-state index is 0.575. The van der Waals surface area contributed by atoms with Gasteiger partial charge in [0, 0.05) is 20.6 Å². The van der Waals surface area contributed by atoms with Gasteiger partial charge in [0.1, 0.15) is 0 Å². The molecule has 0 bridgehead atoms. The van der Waals surface area contributed by atoms with Crippen LogP contribution < -0.4 is 0 Å². The van der Waals surface area contributed by atoms with Gasteiger partial charge in [-0.05, 0) is 40.1 Å². The maximum Gasteiger partial charge on any atom is 0.0845 e. The number of rotatable bonds is 3. The minimum atomic E-state index is -0.589. The fourth-order valence-electron chi connectivity index (χ4n) is 2.28. The fraction of sp³-hybridized carbons (Fsp3) is 0.125. The van der Waals surface area contributed by atoms with Crippen LogP contribution in [0.15, 0.2) is 52.3 Å². The highest BCUT2D eigenvalue weighted by atomic mass is 79.9. The first-order chi connectivity index (χ1) is 9.65. The molecule has 102 valence electrons. The van der Waals surface area contributed by atoms with Crippen molar-refractivity contribution >= 4 is 49.0 Å². The second-order valence-electron chi connectivity index (χ2n) is 4.64. The molecule has 0 saturated heterocycles. The van der Waals surface area contributed by atoms with Crippen molar-refractivity contribution < 1.29 is 5.11 Å². The molecule has 4 heteroatoms. The van der Waals surface area contributed by atoms with Crippen LogP contribution in [0.2, 0.25) is 5.02 Å². The molecule has 1 unspecified atom stereocenters. The van der Waals surface area contributed by atoms with Crippen LogP contribution in [0.1, 0.15) is 17.2 Å². The lowest BCUT2D eigenvalue weighted by atomic mass is 10.0. The van der Waals surface area contributed by atoms with Gasteiger partial charge in [-0.15, -0.1) is 11.3 Å². The number of benzene rings is 2. The maximum atomic E-state index is 10.4. The van der Waals surface area contributed by atoms with Crippen molar-refractivity contribution in [2.75, 3.05) is 0 Å². The van der Waals surface area contributed by atoms with Gasteiger partial charge in [-0.1, -0.05) is 51.8 Å². The van der Waals surface area contributed by atoms with Crippen molar-refractivity contribution in [2.45, 2.75) is 12.5 Å². The Balaban J connectivity index is 1.90. The van der Waals surface area contributed by atoms with E-state index in [4.69, 9.17) is 11.6 Å². The summed E-state index contributed by atoms with van der Waals surface area (Å²) in [5.41, 5.74) is 1.93. The third-order valence-electron chi connectivity index (χ3n) is 3.30. The Morgan fingerprint density at radius 2 is 2.00 bits per heavy atom. The lowest BCUT2D eigenvalue weighted by Crippen LogP contribution is -2.02. The van der Waals surface area contributed by atoms with Gasteiger partial charge >= 0.3 is 0 Å². The molecule has 0 radical (unpaired) electrons. The van der Waals surface area contributed by atoms with E-state index in [2.05, 4.69) is 33.4 Å². The van der Waals surface area contributed by atoms with Crippen LogP contribution in [0.4, 0.5) is 0 Å². The molecule has 3 aromatic rings. The summed E-state index contributed by atoms with van der Waals surface area (Å²) in [6.45, 7) is 0. The largest absolute Gasteiger partial charge is 0.388 e. The molecule has 1 N–H and O–H groups in total. The van der Waals surface area contributed by atoms with E-state index in [1.807, 2.05) is 30.3 Å². The lowest BCUT2D eigenvalue weighted by Gasteiger charge is -2.12. The third-order valence-corrected chi connectivity index (χ3v) is 5.13. The molecule has 0 spiro atoms. The van der Waals surface area contributed by atoms with E-state index < -0.39 is 6.10 Å². The number of thiophene rings is 1. The predicted molar refractivity (Wildman–Crippen MR) is 89.6 cm³/mol. The minimum Gasteiger partial charge on any atom is -0.388 e. The van der Waals surface area contributed by atoms with Crippen molar-refractivity contribution in [3.8, 4) is 0 Å². The zero-order chi connectivity index (χ0) is 14.1. The second-order valence-corrected chi connectivity index (χ2v) is 6.88. The number of hydrogen-bond donors (Lipinski definition) is 1. The first-order valence-corrected chi connectivity index (χ1v) is 8.28. The smallest absolute Gasteiger partial charge is 0.0845 e. The highest BCUT2D eigenvalue weighted by molar-refractivity contribution is 9.10. The van der Waals surface area contributed by atoms with E-state index in [-0.39, 0.29) is 0 Å². The van der Waals surface area contributed by atoms with Crippen LogP contribution in [0.3, 0.4) is 0 Å². The molecule has 0 aliphatic heterocycles. The van der Waals surface area contributed by atoms with E-state index in [1.54, 1.807) is 11.3 Å². The number of hydrogen-bond acceptors (Lipinski definition) is 2. The van der Waals surface area contributed by atoms with Crippen molar-refractivity contribution in [2.24, 2.45) is 0 Å². The molecule has 1 aromatic heterocycles. The zero-order valence-electron chi connectivity index (χ0n) is 10.5. The standard InChI is InChI=1S/C16H12BrClOS/c17-11-5-6-13(14(18)8-11)15(19)7-10-9-20-16-4-2-1-3-12(10)16/h1-6,8-9,15,19H,7H2. The molecule has 1 nitrogen and oxygen atoms in total. The predicted octanol–water partition coefficient (Wildman–Crippen LogP) is 5.59. The monoisotopic (exact) mass is 366 g/mol. The Kier molecular flexibility index (Phi) is 4.13. The Morgan fingerprint density at radius 1 is 1.20 bits per heavy atom.